The van der Waals surface area contributed by atoms with E-state index in [0.717, 1.165) is 40.0 Å². The van der Waals surface area contributed by atoms with Gasteiger partial charge in [0, 0.05) is 21.1 Å². The molecule has 5 rings (SSSR count). The average Bonchev–Trinajstić information content (AvgIpc) is 3.34. The average molecular weight is 423 g/mol. The lowest BCUT2D eigenvalue weighted by Gasteiger charge is -2.24. The van der Waals surface area contributed by atoms with Gasteiger partial charge >= 0.3 is 0 Å². The molecule has 0 bridgehead atoms. The number of hydrogen-bond acceptors (Lipinski definition) is 3. The minimum Gasteiger partial charge on any atom is -0.467 e. The summed E-state index contributed by atoms with van der Waals surface area (Å²) in [6, 6.07) is 18.7. The summed E-state index contributed by atoms with van der Waals surface area (Å²) in [4.78, 5) is 3.58. The number of ether oxygens (including phenoxy) is 1. The topological polar surface area (TPSA) is 50.2 Å². The molecular formula is C22H19BrN2O2. The lowest BCUT2D eigenvalue weighted by Crippen LogP contribution is -2.16. The zero-order chi connectivity index (χ0) is 18.2. The normalized spacial score (nSPS) is 16.4. The zero-order valence-corrected chi connectivity index (χ0v) is 16.3. The predicted molar refractivity (Wildman–Crippen MR) is 110 cm³/mol. The van der Waals surface area contributed by atoms with Crippen LogP contribution in [0.1, 0.15) is 28.7 Å². The van der Waals surface area contributed by atoms with E-state index < -0.39 is 0 Å². The van der Waals surface area contributed by atoms with E-state index in [4.69, 9.17) is 9.15 Å². The molecule has 4 aromatic rings. The Kier molecular flexibility index (Phi) is 4.26. The van der Waals surface area contributed by atoms with Gasteiger partial charge in [-0.3, -0.25) is 0 Å². The Morgan fingerprint density at radius 3 is 2.81 bits per heavy atom. The molecule has 1 aliphatic rings. The first-order valence-electron chi connectivity index (χ1n) is 9.06. The highest BCUT2D eigenvalue weighted by Gasteiger charge is 2.26. The summed E-state index contributed by atoms with van der Waals surface area (Å²) in [5, 5.41) is 4.66. The summed E-state index contributed by atoms with van der Waals surface area (Å²) >= 11 is 3.58. The van der Waals surface area contributed by atoms with Gasteiger partial charge in [-0.05, 0) is 60.0 Å². The highest BCUT2D eigenvalue weighted by Crippen LogP contribution is 2.37. The molecule has 2 aromatic heterocycles. The minimum absolute atomic E-state index is 0.0564. The van der Waals surface area contributed by atoms with Crippen molar-refractivity contribution in [2.24, 2.45) is 0 Å². The van der Waals surface area contributed by atoms with Gasteiger partial charge in [0.2, 0.25) is 0 Å². The predicted octanol–water partition coefficient (Wildman–Crippen LogP) is 5.80. The standard InChI is InChI=1S/C22H19BrN2O2/c23-15-5-8-20-19(12-15)18-9-11-27-22(21(18)25-20)14-3-6-16(7-4-14)24-13-17-2-1-10-26-17/h1-8,10,12,22,24-25H,9,11,13H2. The number of H-pyrrole nitrogens is 1. The molecule has 4 nitrogen and oxygen atoms in total. The van der Waals surface area contributed by atoms with Crippen molar-refractivity contribution < 1.29 is 9.15 Å². The molecule has 0 radical (unpaired) electrons. The Morgan fingerprint density at radius 1 is 1.11 bits per heavy atom. The minimum atomic E-state index is -0.0564. The molecule has 0 saturated carbocycles. The van der Waals surface area contributed by atoms with Crippen molar-refractivity contribution in [3.05, 3.63) is 87.9 Å². The van der Waals surface area contributed by atoms with E-state index in [1.807, 2.05) is 12.1 Å². The maximum absolute atomic E-state index is 6.13. The van der Waals surface area contributed by atoms with Gasteiger partial charge in [-0.25, -0.2) is 0 Å². The van der Waals surface area contributed by atoms with Gasteiger partial charge in [0.15, 0.2) is 0 Å². The van der Waals surface area contributed by atoms with Crippen LogP contribution in [-0.4, -0.2) is 11.6 Å². The molecule has 5 heteroatoms. The Bertz CT molecular complexity index is 1070. The molecule has 27 heavy (non-hydrogen) atoms. The molecule has 3 heterocycles. The lowest BCUT2D eigenvalue weighted by molar-refractivity contribution is 0.0677. The van der Waals surface area contributed by atoms with Crippen LogP contribution in [0.5, 0.6) is 0 Å². The van der Waals surface area contributed by atoms with E-state index in [9.17, 15) is 0 Å². The number of hydrogen-bond donors (Lipinski definition) is 2. The van der Waals surface area contributed by atoms with Crippen molar-refractivity contribution in [2.75, 3.05) is 11.9 Å². The number of aromatic amines is 1. The van der Waals surface area contributed by atoms with E-state index >= 15 is 0 Å². The third-order valence-corrected chi connectivity index (χ3v) is 5.55. The maximum atomic E-state index is 6.13. The number of halogens is 1. The van der Waals surface area contributed by atoms with Crippen molar-refractivity contribution in [2.45, 2.75) is 19.1 Å². The Morgan fingerprint density at radius 2 is 2.00 bits per heavy atom. The fourth-order valence-electron chi connectivity index (χ4n) is 3.74. The number of anilines is 1. The van der Waals surface area contributed by atoms with E-state index in [0.29, 0.717) is 6.54 Å². The van der Waals surface area contributed by atoms with Crippen molar-refractivity contribution in [1.29, 1.82) is 0 Å². The van der Waals surface area contributed by atoms with Crippen LogP contribution in [0.3, 0.4) is 0 Å². The second-order valence-corrected chi connectivity index (χ2v) is 7.68. The third-order valence-electron chi connectivity index (χ3n) is 5.06. The van der Waals surface area contributed by atoms with Gasteiger partial charge in [-0.15, -0.1) is 0 Å². The number of nitrogens with one attached hydrogen (secondary N) is 2. The first kappa shape index (κ1) is 16.7. The van der Waals surface area contributed by atoms with Crippen LogP contribution in [0.4, 0.5) is 5.69 Å². The summed E-state index contributed by atoms with van der Waals surface area (Å²) in [5.41, 5.74) is 5.92. The first-order valence-corrected chi connectivity index (χ1v) is 9.85. The highest BCUT2D eigenvalue weighted by atomic mass is 79.9. The quantitative estimate of drug-likeness (QED) is 0.436. The SMILES string of the molecule is Brc1ccc2[nH]c3c(c2c1)CCOC3c1ccc(NCc2ccco2)cc1. The van der Waals surface area contributed by atoms with Gasteiger partial charge < -0.3 is 19.5 Å². The molecule has 1 aliphatic heterocycles. The van der Waals surface area contributed by atoms with Crippen LogP contribution < -0.4 is 5.32 Å². The van der Waals surface area contributed by atoms with Crippen LogP contribution >= 0.6 is 15.9 Å². The second-order valence-electron chi connectivity index (χ2n) is 6.76. The maximum Gasteiger partial charge on any atom is 0.123 e. The molecule has 2 aromatic carbocycles. The molecule has 0 fully saturated rings. The molecule has 1 atom stereocenters. The van der Waals surface area contributed by atoms with E-state index in [1.54, 1.807) is 6.26 Å². The Hall–Kier alpha value is -2.50. The molecule has 0 saturated heterocycles. The summed E-state index contributed by atoms with van der Waals surface area (Å²) in [6.07, 6.45) is 2.57. The second kappa shape index (κ2) is 6.91. The van der Waals surface area contributed by atoms with Gasteiger partial charge in [0.1, 0.15) is 11.9 Å². The molecule has 1 unspecified atom stereocenters. The number of aromatic nitrogens is 1. The zero-order valence-electron chi connectivity index (χ0n) is 14.7. The van der Waals surface area contributed by atoms with Gasteiger partial charge in [0.05, 0.1) is 25.1 Å². The van der Waals surface area contributed by atoms with Crippen molar-refractivity contribution in [3.63, 3.8) is 0 Å². The van der Waals surface area contributed by atoms with Gasteiger partial charge in [-0.1, -0.05) is 28.1 Å². The van der Waals surface area contributed by atoms with Gasteiger partial charge in [0.25, 0.3) is 0 Å². The highest BCUT2D eigenvalue weighted by molar-refractivity contribution is 9.10. The summed E-state index contributed by atoms with van der Waals surface area (Å²) in [6.45, 7) is 1.41. The van der Waals surface area contributed by atoms with Crippen LogP contribution in [0.25, 0.3) is 10.9 Å². The summed E-state index contributed by atoms with van der Waals surface area (Å²) in [5.74, 6) is 0.920. The largest absolute Gasteiger partial charge is 0.467 e. The van der Waals surface area contributed by atoms with Crippen molar-refractivity contribution >= 4 is 32.5 Å². The molecule has 2 N–H and O–H groups in total. The van der Waals surface area contributed by atoms with Crippen LogP contribution in [0, 0.1) is 0 Å². The Labute approximate surface area is 165 Å². The Balaban J connectivity index is 1.41. The lowest BCUT2D eigenvalue weighted by atomic mass is 9.97. The first-order chi connectivity index (χ1) is 13.3. The third kappa shape index (κ3) is 3.17. The fourth-order valence-corrected chi connectivity index (χ4v) is 4.10. The van der Waals surface area contributed by atoms with Crippen LogP contribution in [-0.2, 0) is 17.7 Å². The summed E-state index contributed by atoms with van der Waals surface area (Å²) < 4.78 is 12.6. The number of rotatable bonds is 4. The van der Waals surface area contributed by atoms with Crippen molar-refractivity contribution in [1.82, 2.24) is 4.98 Å². The molecule has 0 amide bonds. The number of fused-ring (bicyclic) bond motifs is 3. The fraction of sp³-hybridized carbons (Fsp3) is 0.182. The number of benzene rings is 2. The van der Waals surface area contributed by atoms with Crippen LogP contribution in [0.2, 0.25) is 0 Å². The molecule has 0 spiro atoms. The van der Waals surface area contributed by atoms with Crippen LogP contribution in [0.15, 0.2) is 69.8 Å². The van der Waals surface area contributed by atoms with E-state index in [-0.39, 0.29) is 6.10 Å². The number of furan rings is 1. The summed E-state index contributed by atoms with van der Waals surface area (Å²) in [7, 11) is 0. The smallest absolute Gasteiger partial charge is 0.123 e. The molecule has 136 valence electrons. The van der Waals surface area contributed by atoms with E-state index in [1.165, 1.54) is 16.6 Å². The van der Waals surface area contributed by atoms with Crippen molar-refractivity contribution in [3.8, 4) is 0 Å². The monoisotopic (exact) mass is 422 g/mol. The molecular weight excluding hydrogens is 404 g/mol. The van der Waals surface area contributed by atoms with Gasteiger partial charge in [-0.2, -0.15) is 0 Å². The van der Waals surface area contributed by atoms with E-state index in [2.05, 4.69) is 68.7 Å². The molecule has 0 aliphatic carbocycles.